The van der Waals surface area contributed by atoms with E-state index in [9.17, 15) is 4.79 Å². The Kier molecular flexibility index (Phi) is 5.59. The fraction of sp³-hybridized carbons (Fsp3) is 0.562. The van der Waals surface area contributed by atoms with Gasteiger partial charge in [-0.05, 0) is 44.7 Å². The first-order valence-corrected chi connectivity index (χ1v) is 7.53. The Morgan fingerprint density at radius 1 is 1.48 bits per heavy atom. The normalized spacial score (nSPS) is 19.3. The van der Waals surface area contributed by atoms with Gasteiger partial charge in [0, 0.05) is 37.4 Å². The van der Waals surface area contributed by atoms with Gasteiger partial charge in [-0.1, -0.05) is 0 Å². The highest BCUT2D eigenvalue weighted by atomic mass is 16.5. The van der Waals surface area contributed by atoms with E-state index in [0.29, 0.717) is 6.54 Å². The van der Waals surface area contributed by atoms with Crippen molar-refractivity contribution in [3.8, 4) is 0 Å². The van der Waals surface area contributed by atoms with E-state index in [-0.39, 0.29) is 12.0 Å². The van der Waals surface area contributed by atoms with Crippen molar-refractivity contribution in [2.75, 3.05) is 45.2 Å². The number of nitrogens with one attached hydrogen (secondary N) is 2. The van der Waals surface area contributed by atoms with Crippen molar-refractivity contribution in [1.29, 1.82) is 0 Å². The number of ether oxygens (including phenoxy) is 1. The second-order valence-corrected chi connectivity index (χ2v) is 5.53. The van der Waals surface area contributed by atoms with Gasteiger partial charge in [0.05, 0.1) is 12.7 Å². The van der Waals surface area contributed by atoms with Gasteiger partial charge in [0.25, 0.3) is 5.91 Å². The first-order chi connectivity index (χ1) is 10.1. The van der Waals surface area contributed by atoms with E-state index >= 15 is 0 Å². The third-order valence-electron chi connectivity index (χ3n) is 3.68. The number of benzene rings is 1. The standard InChI is InChI=1S/C16H25N3O2/c1-4-17-13-5-6-15(12(2)9-13)16(20)18-10-14-11-19(3)7-8-21-14/h5-6,9,14,17H,4,7-8,10-11H2,1-3H3,(H,18,20). The monoisotopic (exact) mass is 291 g/mol. The number of rotatable bonds is 5. The number of carbonyl (C=O) groups is 1. The van der Waals surface area contributed by atoms with Gasteiger partial charge in [0.15, 0.2) is 0 Å². The van der Waals surface area contributed by atoms with Crippen LogP contribution < -0.4 is 10.6 Å². The van der Waals surface area contributed by atoms with Gasteiger partial charge in [0.2, 0.25) is 0 Å². The molecule has 1 amide bonds. The molecule has 1 saturated heterocycles. The lowest BCUT2D eigenvalue weighted by Crippen LogP contribution is -2.46. The molecule has 1 heterocycles. The molecule has 21 heavy (non-hydrogen) atoms. The van der Waals surface area contributed by atoms with Gasteiger partial charge in [-0.15, -0.1) is 0 Å². The molecular weight excluding hydrogens is 266 g/mol. The van der Waals surface area contributed by atoms with Crippen molar-refractivity contribution < 1.29 is 9.53 Å². The molecule has 2 rings (SSSR count). The minimum atomic E-state index is -0.0348. The lowest BCUT2D eigenvalue weighted by molar-refractivity contribution is -0.0175. The summed E-state index contributed by atoms with van der Waals surface area (Å²) in [7, 11) is 2.07. The summed E-state index contributed by atoms with van der Waals surface area (Å²) in [5.41, 5.74) is 2.75. The van der Waals surface area contributed by atoms with Crippen molar-refractivity contribution in [1.82, 2.24) is 10.2 Å². The van der Waals surface area contributed by atoms with E-state index in [1.165, 1.54) is 0 Å². The molecule has 1 aromatic carbocycles. The van der Waals surface area contributed by atoms with Crippen LogP contribution in [0.2, 0.25) is 0 Å². The van der Waals surface area contributed by atoms with Crippen LogP contribution in [0.3, 0.4) is 0 Å². The lowest BCUT2D eigenvalue weighted by Gasteiger charge is -2.30. The number of nitrogens with zero attached hydrogens (tertiary/aromatic N) is 1. The Labute approximate surface area is 126 Å². The fourth-order valence-corrected chi connectivity index (χ4v) is 2.52. The maximum Gasteiger partial charge on any atom is 0.251 e. The predicted octanol–water partition coefficient (Wildman–Crippen LogP) is 1.49. The third kappa shape index (κ3) is 4.44. The Balaban J connectivity index is 1.91. The molecule has 0 spiro atoms. The van der Waals surface area contributed by atoms with Crippen molar-refractivity contribution in [3.63, 3.8) is 0 Å². The molecule has 0 saturated carbocycles. The zero-order valence-electron chi connectivity index (χ0n) is 13.1. The van der Waals surface area contributed by atoms with Gasteiger partial charge < -0.3 is 20.3 Å². The smallest absolute Gasteiger partial charge is 0.251 e. The van der Waals surface area contributed by atoms with Crippen molar-refractivity contribution in [2.45, 2.75) is 20.0 Å². The van der Waals surface area contributed by atoms with Crippen molar-refractivity contribution in [2.24, 2.45) is 0 Å². The quantitative estimate of drug-likeness (QED) is 0.863. The van der Waals surface area contributed by atoms with Gasteiger partial charge in [0.1, 0.15) is 0 Å². The largest absolute Gasteiger partial charge is 0.385 e. The van der Waals surface area contributed by atoms with E-state index < -0.39 is 0 Å². The molecule has 1 aromatic rings. The molecule has 1 aliphatic rings. The molecule has 0 aliphatic carbocycles. The first kappa shape index (κ1) is 15.8. The van der Waals surface area contributed by atoms with Crippen LogP contribution in [-0.2, 0) is 4.74 Å². The van der Waals surface area contributed by atoms with Gasteiger partial charge in [-0.3, -0.25) is 4.79 Å². The molecule has 1 atom stereocenters. The maximum atomic E-state index is 12.3. The van der Waals surface area contributed by atoms with Gasteiger partial charge in [-0.25, -0.2) is 0 Å². The number of anilines is 1. The highest BCUT2D eigenvalue weighted by Crippen LogP contribution is 2.15. The van der Waals surface area contributed by atoms with Crippen LogP contribution >= 0.6 is 0 Å². The van der Waals surface area contributed by atoms with Crippen molar-refractivity contribution in [3.05, 3.63) is 29.3 Å². The second kappa shape index (κ2) is 7.43. The number of carbonyl (C=O) groups excluding carboxylic acids is 1. The second-order valence-electron chi connectivity index (χ2n) is 5.53. The van der Waals surface area contributed by atoms with Crippen LogP contribution in [0.15, 0.2) is 18.2 Å². The van der Waals surface area contributed by atoms with Crippen LogP contribution in [0, 0.1) is 6.92 Å². The number of hydrogen-bond donors (Lipinski definition) is 2. The number of likely N-dealkylation sites (N-methyl/N-ethyl adjacent to an activating group) is 1. The van der Waals surface area contributed by atoms with Crippen LogP contribution in [0.25, 0.3) is 0 Å². The summed E-state index contributed by atoms with van der Waals surface area (Å²) in [5.74, 6) is -0.0348. The number of amides is 1. The van der Waals surface area contributed by atoms with Gasteiger partial charge in [-0.2, -0.15) is 0 Å². The van der Waals surface area contributed by atoms with E-state index in [4.69, 9.17) is 4.74 Å². The number of hydrogen-bond acceptors (Lipinski definition) is 4. The lowest BCUT2D eigenvalue weighted by atomic mass is 10.1. The van der Waals surface area contributed by atoms with E-state index in [1.54, 1.807) is 0 Å². The first-order valence-electron chi connectivity index (χ1n) is 7.53. The van der Waals surface area contributed by atoms with Gasteiger partial charge >= 0.3 is 0 Å². The van der Waals surface area contributed by atoms with E-state index in [1.807, 2.05) is 25.1 Å². The summed E-state index contributed by atoms with van der Waals surface area (Å²) >= 11 is 0. The summed E-state index contributed by atoms with van der Waals surface area (Å²) in [4.78, 5) is 14.5. The van der Waals surface area contributed by atoms with E-state index in [2.05, 4.69) is 29.5 Å². The Bertz CT molecular complexity index is 490. The molecule has 5 nitrogen and oxygen atoms in total. The zero-order chi connectivity index (χ0) is 15.2. The average Bonchev–Trinajstić information content (AvgIpc) is 2.45. The summed E-state index contributed by atoms with van der Waals surface area (Å²) in [5, 5.41) is 6.22. The van der Waals surface area contributed by atoms with Crippen LogP contribution in [0.4, 0.5) is 5.69 Å². The highest BCUT2D eigenvalue weighted by molar-refractivity contribution is 5.96. The topological polar surface area (TPSA) is 53.6 Å². The Hall–Kier alpha value is -1.59. The molecule has 5 heteroatoms. The van der Waals surface area contributed by atoms with Crippen LogP contribution in [0.5, 0.6) is 0 Å². The molecule has 0 radical (unpaired) electrons. The Morgan fingerprint density at radius 2 is 2.29 bits per heavy atom. The molecule has 1 unspecified atom stereocenters. The maximum absolute atomic E-state index is 12.3. The average molecular weight is 291 g/mol. The predicted molar refractivity (Wildman–Crippen MR) is 84.9 cm³/mol. The molecule has 116 valence electrons. The van der Waals surface area contributed by atoms with Crippen LogP contribution in [-0.4, -0.2) is 56.7 Å². The molecule has 2 N–H and O–H groups in total. The summed E-state index contributed by atoms with van der Waals surface area (Å²) in [6, 6.07) is 5.82. The summed E-state index contributed by atoms with van der Waals surface area (Å²) < 4.78 is 5.65. The zero-order valence-corrected chi connectivity index (χ0v) is 13.1. The minimum absolute atomic E-state index is 0.0348. The molecule has 0 bridgehead atoms. The van der Waals surface area contributed by atoms with Crippen molar-refractivity contribution >= 4 is 11.6 Å². The molecule has 0 aromatic heterocycles. The summed E-state index contributed by atoms with van der Waals surface area (Å²) in [6.07, 6.45) is 0.0778. The highest BCUT2D eigenvalue weighted by Gasteiger charge is 2.19. The SMILES string of the molecule is CCNc1ccc(C(=O)NCC2CN(C)CCO2)c(C)c1. The minimum Gasteiger partial charge on any atom is -0.385 e. The third-order valence-corrected chi connectivity index (χ3v) is 3.68. The molecule has 1 fully saturated rings. The molecular formula is C16H25N3O2. The summed E-state index contributed by atoms with van der Waals surface area (Å²) in [6.45, 7) is 7.98. The number of aryl methyl sites for hydroxylation is 1. The molecule has 1 aliphatic heterocycles. The fourth-order valence-electron chi connectivity index (χ4n) is 2.52. The Morgan fingerprint density at radius 3 is 2.95 bits per heavy atom. The number of morpholine rings is 1. The van der Waals surface area contributed by atoms with Crippen LogP contribution in [0.1, 0.15) is 22.8 Å². The van der Waals surface area contributed by atoms with E-state index in [0.717, 1.165) is 43.1 Å².